The van der Waals surface area contributed by atoms with Gasteiger partial charge >= 0.3 is 0 Å². The molecule has 1 saturated carbocycles. The van der Waals surface area contributed by atoms with E-state index in [9.17, 15) is 0 Å². The van der Waals surface area contributed by atoms with Gasteiger partial charge < -0.3 is 4.74 Å². The lowest BCUT2D eigenvalue weighted by atomic mass is 9.86. The van der Waals surface area contributed by atoms with Gasteiger partial charge in [-0.2, -0.15) is 5.10 Å². The van der Waals surface area contributed by atoms with Gasteiger partial charge in [-0.1, -0.05) is 6.42 Å². The summed E-state index contributed by atoms with van der Waals surface area (Å²) in [6, 6.07) is 0. The van der Waals surface area contributed by atoms with E-state index in [0.29, 0.717) is 0 Å². The molecular weight excluding hydrogens is 164 g/mol. The van der Waals surface area contributed by atoms with E-state index in [2.05, 4.69) is 12.0 Å². The molecule has 72 valence electrons. The van der Waals surface area contributed by atoms with E-state index in [1.807, 2.05) is 10.9 Å². The van der Waals surface area contributed by atoms with Crippen LogP contribution >= 0.6 is 0 Å². The second-order valence-corrected chi connectivity index (χ2v) is 3.64. The summed E-state index contributed by atoms with van der Waals surface area (Å²) in [6.45, 7) is 3.85. The standard InChI is InChI=1S/C10H16N2O/c1-2-12-7-10(6-11-12)13-8-9-4-3-5-9/h6-7,9H,2-5,8H2,1H3. The fraction of sp³-hybridized carbons (Fsp3) is 0.700. The lowest BCUT2D eigenvalue weighted by Gasteiger charge is -2.24. The van der Waals surface area contributed by atoms with Crippen molar-refractivity contribution in [3.63, 3.8) is 0 Å². The molecule has 3 heteroatoms. The number of hydrogen-bond acceptors (Lipinski definition) is 2. The largest absolute Gasteiger partial charge is 0.490 e. The highest BCUT2D eigenvalue weighted by atomic mass is 16.5. The van der Waals surface area contributed by atoms with Gasteiger partial charge in [0.05, 0.1) is 19.0 Å². The summed E-state index contributed by atoms with van der Waals surface area (Å²) in [7, 11) is 0. The molecule has 0 radical (unpaired) electrons. The smallest absolute Gasteiger partial charge is 0.157 e. The van der Waals surface area contributed by atoms with Crippen LogP contribution in [0.2, 0.25) is 0 Å². The van der Waals surface area contributed by atoms with Crippen molar-refractivity contribution >= 4 is 0 Å². The number of ether oxygens (including phenoxy) is 1. The van der Waals surface area contributed by atoms with Crippen molar-refractivity contribution in [2.24, 2.45) is 5.92 Å². The van der Waals surface area contributed by atoms with E-state index in [-0.39, 0.29) is 0 Å². The van der Waals surface area contributed by atoms with Crippen molar-refractivity contribution < 1.29 is 4.74 Å². The molecule has 1 fully saturated rings. The summed E-state index contributed by atoms with van der Waals surface area (Å²) in [4.78, 5) is 0. The molecule has 0 bridgehead atoms. The molecule has 0 aliphatic heterocycles. The Balaban J connectivity index is 1.79. The van der Waals surface area contributed by atoms with Gasteiger partial charge in [0, 0.05) is 6.54 Å². The van der Waals surface area contributed by atoms with Crippen LogP contribution in [0.15, 0.2) is 12.4 Å². The monoisotopic (exact) mass is 180 g/mol. The summed E-state index contributed by atoms with van der Waals surface area (Å²) in [5, 5.41) is 4.15. The van der Waals surface area contributed by atoms with E-state index in [1.165, 1.54) is 19.3 Å². The van der Waals surface area contributed by atoms with Gasteiger partial charge in [0.15, 0.2) is 5.75 Å². The van der Waals surface area contributed by atoms with Crippen LogP contribution in [0, 0.1) is 5.92 Å². The SMILES string of the molecule is CCn1cc(OCC2CCC2)cn1. The predicted molar refractivity (Wildman–Crippen MR) is 50.7 cm³/mol. The average molecular weight is 180 g/mol. The maximum absolute atomic E-state index is 5.61. The summed E-state index contributed by atoms with van der Waals surface area (Å²) in [5.41, 5.74) is 0. The fourth-order valence-corrected chi connectivity index (χ4v) is 1.47. The van der Waals surface area contributed by atoms with Gasteiger partial charge in [0.25, 0.3) is 0 Å². The molecule has 1 heterocycles. The van der Waals surface area contributed by atoms with E-state index >= 15 is 0 Å². The minimum Gasteiger partial charge on any atom is -0.490 e. The Morgan fingerprint density at radius 2 is 2.46 bits per heavy atom. The highest BCUT2D eigenvalue weighted by molar-refractivity contribution is 5.11. The Bertz CT molecular complexity index is 266. The Labute approximate surface area is 78.7 Å². The van der Waals surface area contributed by atoms with Crippen molar-refractivity contribution in [1.29, 1.82) is 0 Å². The molecule has 2 rings (SSSR count). The normalized spacial score (nSPS) is 17.0. The van der Waals surface area contributed by atoms with Crippen LogP contribution in [0.5, 0.6) is 5.75 Å². The fourth-order valence-electron chi connectivity index (χ4n) is 1.47. The van der Waals surface area contributed by atoms with E-state index in [1.54, 1.807) is 6.20 Å². The molecule has 1 aliphatic carbocycles. The predicted octanol–water partition coefficient (Wildman–Crippen LogP) is 2.08. The molecule has 0 N–H and O–H groups in total. The van der Waals surface area contributed by atoms with Crippen molar-refractivity contribution in [2.45, 2.75) is 32.7 Å². The van der Waals surface area contributed by atoms with E-state index < -0.39 is 0 Å². The van der Waals surface area contributed by atoms with Crippen LogP contribution in [0.1, 0.15) is 26.2 Å². The zero-order chi connectivity index (χ0) is 9.10. The van der Waals surface area contributed by atoms with Crippen molar-refractivity contribution in [1.82, 2.24) is 9.78 Å². The highest BCUT2D eigenvalue weighted by Crippen LogP contribution is 2.26. The first-order valence-electron chi connectivity index (χ1n) is 5.03. The second-order valence-electron chi connectivity index (χ2n) is 3.64. The third-order valence-corrected chi connectivity index (χ3v) is 2.64. The van der Waals surface area contributed by atoms with Crippen molar-refractivity contribution in [3.05, 3.63) is 12.4 Å². The molecular formula is C10H16N2O. The maximum atomic E-state index is 5.61. The van der Waals surface area contributed by atoms with Crippen LogP contribution in [-0.2, 0) is 6.54 Å². The first kappa shape index (κ1) is 8.60. The number of nitrogens with zero attached hydrogens (tertiary/aromatic N) is 2. The van der Waals surface area contributed by atoms with Gasteiger partial charge in [-0.25, -0.2) is 0 Å². The van der Waals surface area contributed by atoms with E-state index in [4.69, 9.17) is 4.74 Å². The Hall–Kier alpha value is -0.990. The zero-order valence-electron chi connectivity index (χ0n) is 8.07. The van der Waals surface area contributed by atoms with Gasteiger partial charge in [-0.3, -0.25) is 4.68 Å². The van der Waals surface area contributed by atoms with E-state index in [0.717, 1.165) is 24.8 Å². The van der Waals surface area contributed by atoms with Crippen LogP contribution in [0.4, 0.5) is 0 Å². The van der Waals surface area contributed by atoms with Crippen molar-refractivity contribution in [3.8, 4) is 5.75 Å². The van der Waals surface area contributed by atoms with Gasteiger partial charge in [-0.15, -0.1) is 0 Å². The Kier molecular flexibility index (Phi) is 2.52. The summed E-state index contributed by atoms with van der Waals surface area (Å²) >= 11 is 0. The molecule has 0 aromatic carbocycles. The third kappa shape index (κ3) is 2.02. The summed E-state index contributed by atoms with van der Waals surface area (Å²) < 4.78 is 7.49. The topological polar surface area (TPSA) is 27.1 Å². The average Bonchev–Trinajstić information content (AvgIpc) is 2.49. The summed E-state index contributed by atoms with van der Waals surface area (Å²) in [6.07, 6.45) is 7.80. The van der Waals surface area contributed by atoms with Crippen LogP contribution in [-0.4, -0.2) is 16.4 Å². The molecule has 0 amide bonds. The maximum Gasteiger partial charge on any atom is 0.157 e. The highest BCUT2D eigenvalue weighted by Gasteiger charge is 2.17. The molecule has 1 aromatic heterocycles. The van der Waals surface area contributed by atoms with Gasteiger partial charge in [0.1, 0.15) is 0 Å². The molecule has 1 aliphatic rings. The second kappa shape index (κ2) is 3.81. The first-order chi connectivity index (χ1) is 6.38. The first-order valence-corrected chi connectivity index (χ1v) is 5.03. The van der Waals surface area contributed by atoms with Crippen LogP contribution in [0.3, 0.4) is 0 Å². The molecule has 0 saturated heterocycles. The number of aromatic nitrogens is 2. The lowest BCUT2D eigenvalue weighted by molar-refractivity contribution is 0.180. The minimum atomic E-state index is 0.796. The lowest BCUT2D eigenvalue weighted by Crippen LogP contribution is -2.19. The zero-order valence-corrected chi connectivity index (χ0v) is 8.07. The quantitative estimate of drug-likeness (QED) is 0.709. The van der Waals surface area contributed by atoms with Gasteiger partial charge in [-0.05, 0) is 25.7 Å². The summed E-state index contributed by atoms with van der Waals surface area (Å²) in [5.74, 6) is 1.71. The molecule has 3 nitrogen and oxygen atoms in total. The van der Waals surface area contributed by atoms with Crippen LogP contribution in [0.25, 0.3) is 0 Å². The number of rotatable bonds is 4. The number of aryl methyl sites for hydroxylation is 1. The third-order valence-electron chi connectivity index (χ3n) is 2.64. The molecule has 0 unspecified atom stereocenters. The molecule has 1 aromatic rings. The Morgan fingerprint density at radius 3 is 3.00 bits per heavy atom. The van der Waals surface area contributed by atoms with Crippen LogP contribution < -0.4 is 4.74 Å². The minimum absolute atomic E-state index is 0.796. The molecule has 13 heavy (non-hydrogen) atoms. The molecule has 0 spiro atoms. The molecule has 0 atom stereocenters. The number of hydrogen-bond donors (Lipinski definition) is 0. The Morgan fingerprint density at radius 1 is 1.62 bits per heavy atom. The van der Waals surface area contributed by atoms with Gasteiger partial charge in [0.2, 0.25) is 0 Å². The van der Waals surface area contributed by atoms with Crippen molar-refractivity contribution in [2.75, 3.05) is 6.61 Å².